The number of hydrogen-bond acceptors (Lipinski definition) is 5. The van der Waals surface area contributed by atoms with Crippen LogP contribution in [0.2, 0.25) is 0 Å². The van der Waals surface area contributed by atoms with E-state index in [-0.39, 0.29) is 24.0 Å². The molecule has 0 amide bonds. The minimum absolute atomic E-state index is 0. The fraction of sp³-hybridized carbons (Fsp3) is 0.556. The molecule has 0 aliphatic rings. The van der Waals surface area contributed by atoms with Gasteiger partial charge in [-0.15, -0.1) is 24.0 Å². The van der Waals surface area contributed by atoms with Crippen LogP contribution in [-0.4, -0.2) is 30.8 Å². The van der Waals surface area contributed by atoms with E-state index in [4.69, 9.17) is 13.7 Å². The van der Waals surface area contributed by atoms with Crippen molar-refractivity contribution in [3.05, 3.63) is 41.7 Å². The Morgan fingerprint density at radius 2 is 2.15 bits per heavy atom. The molecule has 0 bridgehead atoms. The van der Waals surface area contributed by atoms with Gasteiger partial charge in [-0.05, 0) is 31.4 Å². The van der Waals surface area contributed by atoms with E-state index in [0.717, 1.165) is 42.7 Å². The molecule has 2 aromatic rings. The highest BCUT2D eigenvalue weighted by molar-refractivity contribution is 14.0. The summed E-state index contributed by atoms with van der Waals surface area (Å²) in [5.41, 5.74) is 0.955. The quantitative estimate of drug-likeness (QED) is 0.236. The van der Waals surface area contributed by atoms with Crippen LogP contribution in [0.15, 0.2) is 38.4 Å². The fourth-order valence-electron chi connectivity index (χ4n) is 2.12. The summed E-state index contributed by atoms with van der Waals surface area (Å²) in [5, 5.41) is 10.6. The Kier molecular flexibility index (Phi) is 11.0. The first-order chi connectivity index (χ1) is 12.2. The molecule has 7 nitrogen and oxygen atoms in total. The van der Waals surface area contributed by atoms with Gasteiger partial charge in [-0.1, -0.05) is 19.0 Å². The number of nitrogens with one attached hydrogen (secondary N) is 2. The molecule has 0 aliphatic heterocycles. The molecule has 0 radical (unpaired) electrons. The topological polar surface area (TPSA) is 84.8 Å². The average Bonchev–Trinajstić information content (AvgIpc) is 3.27. The molecular weight excluding hydrogens is 447 g/mol. The number of ether oxygens (including phenoxy) is 1. The standard InChI is InChI=1S/C18H28N4O3.HI/c1-4-19-18(21-12-16-11-17(14(2)3)22-25-16)20-8-6-9-23-13-15-7-5-10-24-15;/h5,7,10-11,14H,4,6,8-9,12-13H2,1-3H3,(H2,19,20,21);1H. The summed E-state index contributed by atoms with van der Waals surface area (Å²) in [4.78, 5) is 4.52. The van der Waals surface area contributed by atoms with Crippen molar-refractivity contribution in [1.82, 2.24) is 15.8 Å². The Bertz CT molecular complexity index is 626. The lowest BCUT2D eigenvalue weighted by Crippen LogP contribution is -2.38. The smallest absolute Gasteiger partial charge is 0.191 e. The van der Waals surface area contributed by atoms with Crippen LogP contribution in [0.4, 0.5) is 0 Å². The van der Waals surface area contributed by atoms with E-state index in [2.05, 4.69) is 34.6 Å². The number of hydrogen-bond donors (Lipinski definition) is 2. The lowest BCUT2D eigenvalue weighted by Gasteiger charge is -2.10. The number of nitrogens with zero attached hydrogens (tertiary/aromatic N) is 2. The third kappa shape index (κ3) is 8.22. The van der Waals surface area contributed by atoms with Gasteiger partial charge in [0.2, 0.25) is 0 Å². The Labute approximate surface area is 172 Å². The molecule has 0 aliphatic carbocycles. The fourth-order valence-corrected chi connectivity index (χ4v) is 2.12. The molecule has 0 fully saturated rings. The van der Waals surface area contributed by atoms with Crippen molar-refractivity contribution in [2.45, 2.75) is 46.3 Å². The van der Waals surface area contributed by atoms with Crippen LogP contribution in [0.3, 0.4) is 0 Å². The largest absolute Gasteiger partial charge is 0.467 e. The Hall–Kier alpha value is -1.55. The number of furan rings is 1. The van der Waals surface area contributed by atoms with Crippen molar-refractivity contribution in [3.63, 3.8) is 0 Å². The Balaban J connectivity index is 0.00000338. The van der Waals surface area contributed by atoms with Gasteiger partial charge in [0.05, 0.1) is 12.0 Å². The molecule has 26 heavy (non-hydrogen) atoms. The first kappa shape index (κ1) is 22.5. The lowest BCUT2D eigenvalue weighted by atomic mass is 10.1. The normalized spacial score (nSPS) is 11.5. The van der Waals surface area contributed by atoms with Crippen molar-refractivity contribution in [1.29, 1.82) is 0 Å². The summed E-state index contributed by atoms with van der Waals surface area (Å²) in [5.74, 6) is 2.73. The molecule has 0 saturated heterocycles. The number of aromatic nitrogens is 1. The van der Waals surface area contributed by atoms with Crippen LogP contribution >= 0.6 is 24.0 Å². The van der Waals surface area contributed by atoms with Gasteiger partial charge in [-0.2, -0.15) is 0 Å². The van der Waals surface area contributed by atoms with Crippen LogP contribution in [0.5, 0.6) is 0 Å². The predicted molar refractivity (Wildman–Crippen MR) is 112 cm³/mol. The Morgan fingerprint density at radius 1 is 1.31 bits per heavy atom. The van der Waals surface area contributed by atoms with Crippen molar-refractivity contribution in [2.75, 3.05) is 19.7 Å². The summed E-state index contributed by atoms with van der Waals surface area (Å²) in [6, 6.07) is 5.72. The van der Waals surface area contributed by atoms with E-state index in [1.165, 1.54) is 0 Å². The third-order valence-electron chi connectivity index (χ3n) is 3.49. The van der Waals surface area contributed by atoms with E-state index < -0.39 is 0 Å². The summed E-state index contributed by atoms with van der Waals surface area (Å²) in [6.07, 6.45) is 2.53. The van der Waals surface area contributed by atoms with Crippen LogP contribution in [-0.2, 0) is 17.9 Å². The lowest BCUT2D eigenvalue weighted by molar-refractivity contribution is 0.105. The van der Waals surface area contributed by atoms with Crippen molar-refractivity contribution < 1.29 is 13.7 Å². The monoisotopic (exact) mass is 476 g/mol. The zero-order chi connectivity index (χ0) is 17.9. The first-order valence-electron chi connectivity index (χ1n) is 8.76. The first-order valence-corrected chi connectivity index (χ1v) is 8.76. The molecule has 0 aromatic carbocycles. The number of rotatable bonds is 10. The summed E-state index contributed by atoms with van der Waals surface area (Å²) < 4.78 is 16.1. The highest BCUT2D eigenvalue weighted by Gasteiger charge is 2.07. The van der Waals surface area contributed by atoms with Crippen LogP contribution in [0.25, 0.3) is 0 Å². The number of halogens is 1. The van der Waals surface area contributed by atoms with Crippen molar-refractivity contribution in [3.8, 4) is 0 Å². The second-order valence-corrected chi connectivity index (χ2v) is 5.98. The highest BCUT2D eigenvalue weighted by Crippen LogP contribution is 2.14. The van der Waals surface area contributed by atoms with E-state index in [9.17, 15) is 0 Å². The van der Waals surface area contributed by atoms with Gasteiger partial charge in [0.25, 0.3) is 0 Å². The van der Waals surface area contributed by atoms with Gasteiger partial charge < -0.3 is 24.3 Å². The van der Waals surface area contributed by atoms with Gasteiger partial charge in [-0.3, -0.25) is 0 Å². The van der Waals surface area contributed by atoms with Gasteiger partial charge in [0.1, 0.15) is 18.9 Å². The number of aliphatic imine (C=N–C) groups is 1. The van der Waals surface area contributed by atoms with E-state index >= 15 is 0 Å². The summed E-state index contributed by atoms with van der Waals surface area (Å²) in [6.45, 7) is 9.41. The van der Waals surface area contributed by atoms with Gasteiger partial charge in [-0.25, -0.2) is 4.99 Å². The Morgan fingerprint density at radius 3 is 2.81 bits per heavy atom. The summed E-state index contributed by atoms with van der Waals surface area (Å²) >= 11 is 0. The van der Waals surface area contributed by atoms with E-state index in [1.807, 2.05) is 25.1 Å². The second kappa shape index (κ2) is 12.7. The minimum atomic E-state index is 0. The molecule has 2 N–H and O–H groups in total. The van der Waals surface area contributed by atoms with Crippen LogP contribution < -0.4 is 10.6 Å². The van der Waals surface area contributed by atoms with E-state index in [1.54, 1.807) is 6.26 Å². The van der Waals surface area contributed by atoms with Crippen LogP contribution in [0.1, 0.15) is 50.3 Å². The molecule has 0 spiro atoms. The molecule has 2 aromatic heterocycles. The second-order valence-electron chi connectivity index (χ2n) is 5.98. The van der Waals surface area contributed by atoms with Gasteiger partial charge >= 0.3 is 0 Å². The SMILES string of the molecule is CCNC(=NCc1cc(C(C)C)no1)NCCCOCc1ccco1.I. The maximum atomic E-state index is 5.56. The number of guanidine groups is 1. The predicted octanol–water partition coefficient (Wildman–Crippen LogP) is 3.67. The molecule has 8 heteroatoms. The van der Waals surface area contributed by atoms with Gasteiger partial charge in [0, 0.05) is 25.8 Å². The molecular formula is C18H29IN4O3. The molecule has 146 valence electrons. The van der Waals surface area contributed by atoms with E-state index in [0.29, 0.717) is 25.7 Å². The zero-order valence-electron chi connectivity index (χ0n) is 15.7. The third-order valence-corrected chi connectivity index (χ3v) is 3.49. The highest BCUT2D eigenvalue weighted by atomic mass is 127. The molecule has 2 heterocycles. The molecule has 0 saturated carbocycles. The average molecular weight is 476 g/mol. The zero-order valence-corrected chi connectivity index (χ0v) is 18.0. The summed E-state index contributed by atoms with van der Waals surface area (Å²) in [7, 11) is 0. The maximum Gasteiger partial charge on any atom is 0.191 e. The van der Waals surface area contributed by atoms with Crippen molar-refractivity contribution in [2.24, 2.45) is 4.99 Å². The van der Waals surface area contributed by atoms with Gasteiger partial charge in [0.15, 0.2) is 11.7 Å². The molecule has 0 atom stereocenters. The maximum absolute atomic E-state index is 5.56. The van der Waals surface area contributed by atoms with Crippen LogP contribution in [0, 0.1) is 0 Å². The minimum Gasteiger partial charge on any atom is -0.467 e. The molecule has 0 unspecified atom stereocenters. The molecule has 2 rings (SSSR count). The van der Waals surface area contributed by atoms with Crippen molar-refractivity contribution >= 4 is 29.9 Å².